The molecule has 2 atom stereocenters. The van der Waals surface area contributed by atoms with Crippen LogP contribution < -0.4 is 10.4 Å². The van der Waals surface area contributed by atoms with Crippen molar-refractivity contribution in [1.82, 2.24) is 0 Å². The van der Waals surface area contributed by atoms with E-state index in [2.05, 4.69) is 159 Å². The summed E-state index contributed by atoms with van der Waals surface area (Å²) in [6.07, 6.45) is 12.6. The van der Waals surface area contributed by atoms with Crippen LogP contribution in [0.2, 0.25) is 0 Å². The van der Waals surface area contributed by atoms with Gasteiger partial charge in [0.25, 0.3) is 0 Å². The first-order chi connectivity index (χ1) is 21.1. The molecule has 0 bridgehead atoms. The van der Waals surface area contributed by atoms with E-state index in [9.17, 15) is 0 Å². The van der Waals surface area contributed by atoms with Crippen molar-refractivity contribution in [2.75, 3.05) is 19.6 Å². The Kier molecular flexibility index (Phi) is 7.76. The second kappa shape index (κ2) is 11.1. The molecule has 0 saturated heterocycles. The summed E-state index contributed by atoms with van der Waals surface area (Å²) in [5, 5.41) is 2.83. The fraction of sp³-hybridized carbons (Fsp3) is 0.349. The Balaban J connectivity index is 1.51. The molecule has 45 heavy (non-hydrogen) atoms. The van der Waals surface area contributed by atoms with E-state index in [-0.39, 0.29) is 16.7 Å². The van der Waals surface area contributed by atoms with Gasteiger partial charge in [0.05, 0.1) is 7.11 Å². The van der Waals surface area contributed by atoms with Crippen LogP contribution in [-0.2, 0) is 10.2 Å². The summed E-state index contributed by atoms with van der Waals surface area (Å²) in [4.78, 5) is 3.19. The van der Waals surface area contributed by atoms with Crippen LogP contribution in [0.4, 0.5) is 0 Å². The van der Waals surface area contributed by atoms with E-state index in [1.807, 2.05) is 7.11 Å². The standard InChI is InChI=1S/C43H50OS/c1-27-24-34-32(29-20-22-31(23-21-29)42(3,4)5)18-15-19-33(34)40(27)45(10,11)41-28(2)25-35-36(41)26-37(43(6,7)8)39(44-9)38(35)30-16-13-12-14-17-30/h12-27,36H,1-11H3. The molecule has 0 fully saturated rings. The Morgan fingerprint density at radius 2 is 1.38 bits per heavy atom. The Labute approximate surface area is 273 Å². The topological polar surface area (TPSA) is 9.23 Å². The van der Waals surface area contributed by atoms with E-state index in [0.29, 0.717) is 5.92 Å². The summed E-state index contributed by atoms with van der Waals surface area (Å²) in [7, 11) is 0.495. The van der Waals surface area contributed by atoms with Crippen LogP contribution in [0.15, 0.2) is 112 Å². The van der Waals surface area contributed by atoms with Gasteiger partial charge in [-0.3, -0.25) is 0 Å². The zero-order valence-electron chi connectivity index (χ0n) is 29.1. The fourth-order valence-corrected chi connectivity index (χ4v) is 11.6. The number of ether oxygens (including phenoxy) is 1. The highest BCUT2D eigenvalue weighted by atomic mass is 32.3. The number of benzene rings is 3. The predicted octanol–water partition coefficient (Wildman–Crippen LogP) is 10.1. The van der Waals surface area contributed by atoms with Gasteiger partial charge in [0.15, 0.2) is 0 Å². The third-order valence-electron chi connectivity index (χ3n) is 9.91. The highest BCUT2D eigenvalue weighted by molar-refractivity contribution is 8.42. The summed E-state index contributed by atoms with van der Waals surface area (Å²) >= 11 is 0. The molecular formula is C43H50OS. The van der Waals surface area contributed by atoms with Crippen LogP contribution in [0, 0.1) is 17.3 Å². The van der Waals surface area contributed by atoms with Crippen LogP contribution in [-0.4, -0.2) is 19.6 Å². The van der Waals surface area contributed by atoms with Gasteiger partial charge in [0.1, 0.15) is 5.76 Å². The van der Waals surface area contributed by atoms with Gasteiger partial charge in [-0.15, -0.1) is 0 Å². The lowest BCUT2D eigenvalue weighted by Gasteiger charge is -2.43. The number of rotatable bonds is 5. The van der Waals surface area contributed by atoms with Gasteiger partial charge in [-0.1, -0.05) is 139 Å². The SMILES string of the molecule is COC1=C(c2ccccc2)C2=CC(C)=C(S(C)(C)C3=c4cccc(-c5ccc(C(C)(C)C)cc5)c4=CC3C)C2C=C1C(C)(C)C. The van der Waals surface area contributed by atoms with Gasteiger partial charge in [0, 0.05) is 17.4 Å². The van der Waals surface area contributed by atoms with Crippen LogP contribution >= 0.6 is 10.0 Å². The Morgan fingerprint density at radius 1 is 0.711 bits per heavy atom. The molecule has 6 rings (SSSR count). The molecule has 0 heterocycles. The zero-order chi connectivity index (χ0) is 32.5. The molecule has 3 aliphatic rings. The number of fused-ring (bicyclic) bond motifs is 2. The smallest absolute Gasteiger partial charge is 0.130 e. The van der Waals surface area contributed by atoms with Gasteiger partial charge in [-0.25, -0.2) is 0 Å². The van der Waals surface area contributed by atoms with Crippen molar-refractivity contribution < 1.29 is 4.74 Å². The molecule has 0 aromatic heterocycles. The molecule has 2 unspecified atom stereocenters. The molecule has 234 valence electrons. The molecule has 0 amide bonds. The maximum Gasteiger partial charge on any atom is 0.130 e. The van der Waals surface area contributed by atoms with Crippen LogP contribution in [0.5, 0.6) is 0 Å². The normalized spacial score (nSPS) is 20.5. The van der Waals surface area contributed by atoms with Crippen molar-refractivity contribution in [3.63, 3.8) is 0 Å². The Hall–Kier alpha value is -3.49. The van der Waals surface area contributed by atoms with Crippen molar-refractivity contribution in [3.8, 4) is 11.1 Å². The molecule has 3 aromatic rings. The quantitative estimate of drug-likeness (QED) is 0.278. The molecule has 3 aliphatic carbocycles. The number of hydrogen-bond donors (Lipinski definition) is 0. The minimum Gasteiger partial charge on any atom is -0.496 e. The van der Waals surface area contributed by atoms with Gasteiger partial charge >= 0.3 is 0 Å². The van der Waals surface area contributed by atoms with E-state index in [1.165, 1.54) is 55.0 Å². The van der Waals surface area contributed by atoms with Gasteiger partial charge < -0.3 is 4.74 Å². The number of methoxy groups -OCH3 is 1. The van der Waals surface area contributed by atoms with Crippen LogP contribution in [0.25, 0.3) is 27.7 Å². The summed E-state index contributed by atoms with van der Waals surface area (Å²) < 4.78 is 6.25. The molecule has 2 heteroatoms. The first-order valence-corrected chi connectivity index (χ1v) is 18.8. The molecule has 0 radical (unpaired) electrons. The van der Waals surface area contributed by atoms with E-state index in [1.54, 1.807) is 9.81 Å². The third-order valence-corrected chi connectivity index (χ3v) is 13.3. The summed E-state index contributed by atoms with van der Waals surface area (Å²) in [5.41, 5.74) is 10.7. The fourth-order valence-electron chi connectivity index (χ4n) is 7.90. The summed E-state index contributed by atoms with van der Waals surface area (Å²) in [6, 6.07) is 27.0. The van der Waals surface area contributed by atoms with Crippen molar-refractivity contribution >= 4 is 26.6 Å². The molecular weight excluding hydrogens is 565 g/mol. The molecule has 0 aliphatic heterocycles. The average molecular weight is 615 g/mol. The number of allylic oxidation sites excluding steroid dienone is 7. The van der Waals surface area contributed by atoms with E-state index in [4.69, 9.17) is 4.74 Å². The van der Waals surface area contributed by atoms with Crippen molar-refractivity contribution in [2.24, 2.45) is 17.3 Å². The minimum absolute atomic E-state index is 0.0520. The Bertz CT molecular complexity index is 1910. The van der Waals surface area contributed by atoms with Crippen molar-refractivity contribution in [3.05, 3.63) is 134 Å². The van der Waals surface area contributed by atoms with Gasteiger partial charge in [0.2, 0.25) is 0 Å². The van der Waals surface area contributed by atoms with E-state index in [0.717, 1.165) is 5.76 Å². The van der Waals surface area contributed by atoms with Gasteiger partial charge in [-0.2, -0.15) is 10.0 Å². The minimum atomic E-state index is -1.34. The molecule has 0 saturated carbocycles. The predicted molar refractivity (Wildman–Crippen MR) is 198 cm³/mol. The lowest BCUT2D eigenvalue weighted by Crippen LogP contribution is -2.27. The largest absolute Gasteiger partial charge is 0.496 e. The average Bonchev–Trinajstić information content (AvgIpc) is 3.51. The summed E-state index contributed by atoms with van der Waals surface area (Å²) in [6.45, 7) is 18.5. The molecule has 0 N–H and O–H groups in total. The maximum atomic E-state index is 6.25. The van der Waals surface area contributed by atoms with Crippen LogP contribution in [0.3, 0.4) is 0 Å². The second-order valence-corrected chi connectivity index (χ2v) is 19.0. The van der Waals surface area contributed by atoms with E-state index >= 15 is 0 Å². The van der Waals surface area contributed by atoms with Crippen LogP contribution in [0.1, 0.15) is 66.5 Å². The highest BCUT2D eigenvalue weighted by Gasteiger charge is 2.43. The number of hydrogen-bond acceptors (Lipinski definition) is 1. The van der Waals surface area contributed by atoms with Crippen molar-refractivity contribution in [1.29, 1.82) is 0 Å². The molecule has 0 spiro atoms. The lowest BCUT2D eigenvalue weighted by atomic mass is 9.74. The third kappa shape index (κ3) is 5.30. The molecule has 1 nitrogen and oxygen atoms in total. The first-order valence-electron chi connectivity index (χ1n) is 16.3. The Morgan fingerprint density at radius 3 is 1.98 bits per heavy atom. The maximum absolute atomic E-state index is 6.25. The first kappa shape index (κ1) is 31.5. The zero-order valence-corrected chi connectivity index (χ0v) is 29.9. The summed E-state index contributed by atoms with van der Waals surface area (Å²) in [5.74, 6) is 1.62. The molecule has 3 aromatic carbocycles. The monoisotopic (exact) mass is 614 g/mol. The van der Waals surface area contributed by atoms with E-state index < -0.39 is 10.0 Å². The van der Waals surface area contributed by atoms with Crippen molar-refractivity contribution in [2.45, 2.75) is 60.8 Å². The second-order valence-electron chi connectivity index (χ2n) is 15.5. The highest BCUT2D eigenvalue weighted by Crippen LogP contribution is 2.67. The van der Waals surface area contributed by atoms with Gasteiger partial charge in [-0.05, 0) is 89.5 Å². The lowest BCUT2D eigenvalue weighted by molar-refractivity contribution is 0.282.